The molecule has 0 radical (unpaired) electrons. The summed E-state index contributed by atoms with van der Waals surface area (Å²) in [6.07, 6.45) is 23.4. The van der Waals surface area contributed by atoms with E-state index >= 15 is 0 Å². The predicted molar refractivity (Wildman–Crippen MR) is 253 cm³/mol. The van der Waals surface area contributed by atoms with E-state index in [4.69, 9.17) is 43.2 Å². The number of hydrogen-bond acceptors (Lipinski definition) is 8. The van der Waals surface area contributed by atoms with Gasteiger partial charge in [0.1, 0.15) is 0 Å². The first-order chi connectivity index (χ1) is 25.2. The number of nitrogens with two attached hydrogens (primary N) is 6. The molecule has 15 heteroatoms. The second-order valence-corrected chi connectivity index (χ2v) is 18.7. The average Bonchev–Trinajstić information content (AvgIpc) is 3.79. The van der Waals surface area contributed by atoms with Crippen molar-refractivity contribution in [2.24, 2.45) is 28.9 Å². The third-order valence-electron chi connectivity index (χ3n) is 9.28. The highest BCUT2D eigenvalue weighted by Crippen LogP contribution is 2.37. The zero-order chi connectivity index (χ0) is 38.7. The molecule has 0 aliphatic heterocycles. The van der Waals surface area contributed by atoms with Gasteiger partial charge in [-0.3, -0.25) is 21.5 Å². The first-order valence-corrected chi connectivity index (χ1v) is 24.5. The monoisotopic (exact) mass is 861 g/mol. The summed E-state index contributed by atoms with van der Waals surface area (Å²) in [5.41, 5.74) is 23.1. The number of methoxy groups -OCH3 is 2. The van der Waals surface area contributed by atoms with Crippen molar-refractivity contribution in [2.75, 3.05) is 69.7 Å². The van der Waals surface area contributed by atoms with Crippen molar-refractivity contribution >= 4 is 70.5 Å². The topological polar surface area (TPSA) is 233 Å². The molecule has 0 amide bonds. The Balaban J connectivity index is -0.000000372. The van der Waals surface area contributed by atoms with Gasteiger partial charge < -0.3 is 26.4 Å². The molecule has 2 fully saturated rings. The summed E-state index contributed by atoms with van der Waals surface area (Å²) in [5.74, 6) is 8.56. The van der Waals surface area contributed by atoms with Crippen LogP contribution in [0, 0.1) is 5.92 Å². The van der Waals surface area contributed by atoms with Crippen LogP contribution in [0.1, 0.15) is 137 Å². The number of amidine groups is 2. The third-order valence-corrected chi connectivity index (χ3v) is 14.6. The summed E-state index contributed by atoms with van der Waals surface area (Å²) in [5, 5.41) is 13.6. The van der Waals surface area contributed by atoms with Gasteiger partial charge in [0.25, 0.3) is 0 Å². The SMILES string of the molecule is C.C.COC(=[NH2+])CCCCCCC(=[NH2+])OC.CSCC[NH+]=C(N)CCCCCCC(N)=[NH+]CCSC1CCCC1C.NCCSC1CCCC1SCCN.O. The van der Waals surface area contributed by atoms with Gasteiger partial charge >= 0.3 is 11.8 Å². The lowest BCUT2D eigenvalue weighted by Gasteiger charge is -2.17. The maximum absolute atomic E-state index is 6.09. The van der Waals surface area contributed by atoms with Crippen molar-refractivity contribution in [1.29, 1.82) is 0 Å². The highest BCUT2D eigenvalue weighted by atomic mass is 32.2. The van der Waals surface area contributed by atoms with Gasteiger partial charge in [-0.25, -0.2) is 10.8 Å². The number of nitrogens with one attached hydrogen (secondary N) is 2. The van der Waals surface area contributed by atoms with E-state index in [-0.39, 0.29) is 20.3 Å². The Morgan fingerprint density at radius 1 is 0.600 bits per heavy atom. The molecule has 0 aromatic carbocycles. The number of thioether (sulfide) groups is 4. The fourth-order valence-electron chi connectivity index (χ4n) is 6.12. The van der Waals surface area contributed by atoms with Crippen LogP contribution in [-0.4, -0.2) is 114 Å². The molecule has 4 atom stereocenters. The molecule has 0 heterocycles. The van der Waals surface area contributed by atoms with Crippen LogP contribution in [0.4, 0.5) is 0 Å². The first kappa shape index (κ1) is 60.8. The molecule has 330 valence electrons. The van der Waals surface area contributed by atoms with Crippen molar-refractivity contribution in [3.63, 3.8) is 0 Å². The second-order valence-electron chi connectivity index (χ2n) is 13.7. The maximum atomic E-state index is 6.09. The third kappa shape index (κ3) is 37.2. The molecule has 0 bridgehead atoms. The van der Waals surface area contributed by atoms with Crippen molar-refractivity contribution in [2.45, 2.75) is 153 Å². The Morgan fingerprint density at radius 2 is 0.982 bits per heavy atom. The van der Waals surface area contributed by atoms with E-state index in [2.05, 4.69) is 58.4 Å². The number of ether oxygens (including phenoxy) is 2. The molecule has 2 saturated carbocycles. The molecule has 0 saturated heterocycles. The van der Waals surface area contributed by atoms with E-state index < -0.39 is 0 Å². The van der Waals surface area contributed by atoms with E-state index in [1.165, 1.54) is 70.0 Å². The van der Waals surface area contributed by atoms with Gasteiger partial charge in [0.15, 0.2) is 0 Å². The van der Waals surface area contributed by atoms with Crippen LogP contribution in [0.3, 0.4) is 0 Å². The summed E-state index contributed by atoms with van der Waals surface area (Å²) in [6, 6.07) is 0. The van der Waals surface area contributed by atoms with Crippen molar-refractivity contribution < 1.29 is 35.8 Å². The van der Waals surface area contributed by atoms with E-state index in [1.54, 1.807) is 14.2 Å². The first-order valence-electron chi connectivity index (χ1n) is 20.0. The van der Waals surface area contributed by atoms with E-state index in [0.717, 1.165) is 128 Å². The Bertz CT molecular complexity index is 903. The highest BCUT2D eigenvalue weighted by Gasteiger charge is 2.27. The quantitative estimate of drug-likeness (QED) is 0.0334. The molecule has 0 aromatic rings. The smallest absolute Gasteiger partial charge is 0.332 e. The second kappa shape index (κ2) is 44.3. The molecule has 2 aliphatic carbocycles. The highest BCUT2D eigenvalue weighted by molar-refractivity contribution is 8.03. The molecule has 2 rings (SSSR count). The van der Waals surface area contributed by atoms with Gasteiger partial charge in [0, 0.05) is 64.7 Å². The molecule has 11 nitrogen and oxygen atoms in total. The molecule has 2 aliphatic rings. The van der Waals surface area contributed by atoms with Gasteiger partial charge in [-0.05, 0) is 63.5 Å². The Morgan fingerprint density at radius 3 is 1.36 bits per heavy atom. The van der Waals surface area contributed by atoms with Gasteiger partial charge in [-0.15, -0.1) is 0 Å². The molecule has 16 N–H and O–H groups in total. The molecule has 0 spiro atoms. The number of unbranched alkanes of at least 4 members (excludes halogenated alkanes) is 6. The molecular formula is C40H92N8O3S4+4. The van der Waals surface area contributed by atoms with Crippen LogP contribution in [0.15, 0.2) is 0 Å². The van der Waals surface area contributed by atoms with Crippen LogP contribution >= 0.6 is 47.0 Å². The number of hydrogen-bond donors (Lipinski definition) is 8. The minimum absolute atomic E-state index is 0. The summed E-state index contributed by atoms with van der Waals surface area (Å²) in [6.45, 7) is 6.00. The van der Waals surface area contributed by atoms with Crippen LogP contribution < -0.4 is 43.7 Å². The lowest BCUT2D eigenvalue weighted by atomic mass is 10.1. The normalized spacial score (nSPS) is 19.0. The standard InChI is InChI=1S/C19H38N4S2.C10H20N2O2.C9H20N2S2.2CH4.H2O/c1-16-8-7-9-17(16)25-15-13-23-19(21)11-6-4-3-5-10-18(20)22-12-14-24-2;1-13-9(11)7-5-3-4-6-8-10(12)14-2;10-4-6-12-8-2-1-3-9(8)13-7-5-11;;;/h16-17H,3-15H2,1-2H3,(H2,20,22)(H2,21,23);11-12H,3-8H2,1-2H3;8-9H,1-7,10-11H2;2*1H4;1H2/p+4. The van der Waals surface area contributed by atoms with Crippen molar-refractivity contribution in [1.82, 2.24) is 0 Å². The van der Waals surface area contributed by atoms with Gasteiger partial charge in [-0.1, -0.05) is 60.3 Å². The number of rotatable bonds is 27. The Labute approximate surface area is 356 Å². The van der Waals surface area contributed by atoms with E-state index in [0.29, 0.717) is 11.8 Å². The summed E-state index contributed by atoms with van der Waals surface area (Å²) in [7, 11) is 3.20. The lowest BCUT2D eigenvalue weighted by Crippen LogP contribution is -2.76. The molecule has 0 aromatic heterocycles. The van der Waals surface area contributed by atoms with Crippen LogP contribution in [0.25, 0.3) is 0 Å². The zero-order valence-corrected chi connectivity index (χ0v) is 37.4. The minimum Gasteiger partial charge on any atom is -0.451 e. The van der Waals surface area contributed by atoms with E-state index in [1.807, 2.05) is 11.8 Å². The average molecular weight is 861 g/mol. The van der Waals surface area contributed by atoms with Gasteiger partial charge in [-0.2, -0.15) is 47.0 Å². The van der Waals surface area contributed by atoms with Gasteiger partial charge in [0.05, 0.1) is 40.2 Å². The zero-order valence-electron chi connectivity index (χ0n) is 34.1. The molecule has 4 unspecified atom stereocenters. The predicted octanol–water partition coefficient (Wildman–Crippen LogP) is 1.16. The maximum Gasteiger partial charge on any atom is 0.332 e. The fraction of sp³-hybridized carbons (Fsp3) is 0.900. The van der Waals surface area contributed by atoms with Crippen LogP contribution in [0.2, 0.25) is 0 Å². The minimum atomic E-state index is 0. The largest absolute Gasteiger partial charge is 0.451 e. The Hall–Kier alpha value is -0.840. The molecular weight excluding hydrogens is 769 g/mol. The summed E-state index contributed by atoms with van der Waals surface area (Å²) < 4.78 is 9.73. The summed E-state index contributed by atoms with van der Waals surface area (Å²) >= 11 is 8.08. The van der Waals surface area contributed by atoms with Crippen molar-refractivity contribution in [3.05, 3.63) is 0 Å². The van der Waals surface area contributed by atoms with Crippen LogP contribution in [-0.2, 0) is 9.47 Å². The molecule has 55 heavy (non-hydrogen) atoms. The van der Waals surface area contributed by atoms with E-state index in [9.17, 15) is 0 Å². The van der Waals surface area contributed by atoms with Gasteiger partial charge in [0.2, 0.25) is 11.7 Å². The Kier molecular flexibility index (Phi) is 49.0. The fourth-order valence-corrected chi connectivity index (χ4v) is 10.5. The summed E-state index contributed by atoms with van der Waals surface area (Å²) in [4.78, 5) is 6.68. The van der Waals surface area contributed by atoms with Crippen molar-refractivity contribution in [3.8, 4) is 0 Å². The lowest BCUT2D eigenvalue weighted by molar-refractivity contribution is -0.453. The van der Waals surface area contributed by atoms with Crippen LogP contribution in [0.5, 0.6) is 0 Å².